The fourth-order valence-electron chi connectivity index (χ4n) is 8.74. The average molecular weight is 768 g/mol. The van der Waals surface area contributed by atoms with E-state index in [1.807, 2.05) is 26.0 Å². The van der Waals surface area contributed by atoms with Gasteiger partial charge in [0.25, 0.3) is 5.56 Å². The van der Waals surface area contributed by atoms with Crippen LogP contribution in [-0.2, 0) is 9.59 Å². The van der Waals surface area contributed by atoms with Gasteiger partial charge in [0.05, 0.1) is 22.9 Å². The molecule has 4 fully saturated rings. The second-order valence-corrected chi connectivity index (χ2v) is 15.1. The molecule has 4 aliphatic rings. The maximum absolute atomic E-state index is 15.0. The van der Waals surface area contributed by atoms with Crippen molar-refractivity contribution in [2.45, 2.75) is 109 Å². The van der Waals surface area contributed by atoms with Crippen LogP contribution in [0, 0.1) is 28.4 Å². The minimum atomic E-state index is -0.717. The number of aromatic amines is 1. The van der Waals surface area contributed by atoms with Gasteiger partial charge in [-0.2, -0.15) is 5.26 Å². The number of imide groups is 1. The van der Waals surface area contributed by atoms with Crippen molar-refractivity contribution in [3.8, 4) is 17.6 Å². The van der Waals surface area contributed by atoms with Gasteiger partial charge in [-0.15, -0.1) is 0 Å². The summed E-state index contributed by atoms with van der Waals surface area (Å²) in [4.78, 5) is 44.1. The number of H-pyrrole nitrogens is 1. The van der Waals surface area contributed by atoms with Crippen LogP contribution < -0.4 is 26.7 Å². The number of fused-ring (bicyclic) bond motifs is 1. The molecule has 3 heterocycles. The van der Waals surface area contributed by atoms with Crippen LogP contribution >= 0.6 is 0 Å². The summed E-state index contributed by atoms with van der Waals surface area (Å²) in [5.41, 5.74) is 7.86. The fraction of sp³-hybridized carbons (Fsp3) is 0.465. The molecule has 11 nitrogen and oxygen atoms in total. The third-order valence-corrected chi connectivity index (χ3v) is 11.8. The molecule has 296 valence electrons. The van der Waals surface area contributed by atoms with Gasteiger partial charge in [-0.1, -0.05) is 32.8 Å². The van der Waals surface area contributed by atoms with Crippen LogP contribution in [0.15, 0.2) is 59.7 Å². The van der Waals surface area contributed by atoms with Crippen molar-refractivity contribution in [1.82, 2.24) is 20.2 Å². The average Bonchev–Trinajstić information content (AvgIpc) is 3.67. The first-order valence-corrected chi connectivity index (χ1v) is 19.9. The first kappa shape index (κ1) is 40.3. The molecule has 2 aliphatic carbocycles. The summed E-state index contributed by atoms with van der Waals surface area (Å²) in [5, 5.41) is 14.8. The number of carbonyl (C=O) groups excluding carboxylic acids is 2. The van der Waals surface area contributed by atoms with E-state index in [9.17, 15) is 23.2 Å². The van der Waals surface area contributed by atoms with Crippen molar-refractivity contribution in [3.05, 3.63) is 88.0 Å². The Labute approximate surface area is 326 Å². The molecule has 56 heavy (non-hydrogen) atoms. The predicted octanol–water partition coefficient (Wildman–Crippen LogP) is 8.06. The number of nitriles is 1. The quantitative estimate of drug-likeness (QED) is 0.112. The van der Waals surface area contributed by atoms with Crippen molar-refractivity contribution >= 4 is 34.1 Å². The number of likely N-dealkylation sites (tertiary alicyclic amines) is 1. The van der Waals surface area contributed by atoms with E-state index in [1.165, 1.54) is 82.2 Å². The highest BCUT2D eigenvalue weighted by Gasteiger charge is 2.39. The molecule has 2 saturated heterocycles. The van der Waals surface area contributed by atoms with Crippen LogP contribution in [0.3, 0.4) is 0 Å². The number of hydrogen-bond donors (Lipinski definition) is 4. The molecule has 1 atom stereocenters. The summed E-state index contributed by atoms with van der Waals surface area (Å²) in [5.74, 6) is -1.28. The van der Waals surface area contributed by atoms with Gasteiger partial charge in [0, 0.05) is 18.2 Å². The molecule has 8 rings (SSSR count). The SMILES string of the molecule is CC.N#Cc1c(N)ccc(F)c1Oc1ccc2nc[nH]c(=O)c2c1.O=C1CCC(Nc2ccc(C3CCC(N4CCC5(CCCC5)CC4)CC3)c(F)c2)C(=O)N1. The Morgan fingerprint density at radius 3 is 2.34 bits per heavy atom. The number of nitrogen functional groups attached to an aromatic ring is 1. The van der Waals surface area contributed by atoms with Gasteiger partial charge in [0.15, 0.2) is 11.6 Å². The zero-order chi connectivity index (χ0) is 39.8. The number of amides is 2. The van der Waals surface area contributed by atoms with Crippen molar-refractivity contribution < 1.29 is 23.1 Å². The lowest BCUT2D eigenvalue weighted by molar-refractivity contribution is -0.133. The number of nitrogens with two attached hydrogens (primary N) is 1. The first-order valence-electron chi connectivity index (χ1n) is 19.9. The Morgan fingerprint density at radius 1 is 0.929 bits per heavy atom. The normalized spacial score (nSPS) is 21.9. The number of aromatic nitrogens is 2. The van der Waals surface area contributed by atoms with Gasteiger partial charge in [0.1, 0.15) is 29.2 Å². The van der Waals surface area contributed by atoms with Crippen LogP contribution in [0.25, 0.3) is 10.9 Å². The van der Waals surface area contributed by atoms with Crippen LogP contribution in [0.4, 0.5) is 20.2 Å². The Kier molecular flexibility index (Phi) is 13.0. The van der Waals surface area contributed by atoms with Crippen molar-refractivity contribution in [2.24, 2.45) is 5.41 Å². The number of nitrogens with zero attached hydrogens (tertiary/aromatic N) is 3. The molecule has 1 aromatic heterocycles. The van der Waals surface area contributed by atoms with Gasteiger partial charge < -0.3 is 25.7 Å². The van der Waals surface area contributed by atoms with E-state index in [1.54, 1.807) is 12.1 Å². The maximum atomic E-state index is 15.0. The minimum absolute atomic E-state index is 0.0970. The van der Waals surface area contributed by atoms with E-state index in [-0.39, 0.29) is 51.9 Å². The fourth-order valence-corrected chi connectivity index (χ4v) is 8.74. The molecule has 1 spiro atoms. The molecular weight excluding hydrogens is 717 g/mol. The Morgan fingerprint density at radius 2 is 1.66 bits per heavy atom. The third kappa shape index (κ3) is 9.19. The lowest BCUT2D eigenvalue weighted by atomic mass is 9.75. The third-order valence-electron chi connectivity index (χ3n) is 11.8. The summed E-state index contributed by atoms with van der Waals surface area (Å²) in [6.07, 6.45) is 15.0. The van der Waals surface area contributed by atoms with Crippen LogP contribution in [0.5, 0.6) is 11.5 Å². The van der Waals surface area contributed by atoms with Crippen LogP contribution in [0.2, 0.25) is 0 Å². The molecule has 2 amide bonds. The summed E-state index contributed by atoms with van der Waals surface area (Å²) in [6.45, 7) is 6.51. The maximum Gasteiger partial charge on any atom is 0.258 e. The number of hydrogen-bond acceptors (Lipinski definition) is 9. The van der Waals surface area contributed by atoms with Crippen molar-refractivity contribution in [1.29, 1.82) is 5.26 Å². The summed E-state index contributed by atoms with van der Waals surface area (Å²) < 4.78 is 34.3. The zero-order valence-electron chi connectivity index (χ0n) is 32.1. The van der Waals surface area contributed by atoms with E-state index in [0.717, 1.165) is 37.3 Å². The number of ether oxygens (including phenoxy) is 1. The number of piperidine rings is 2. The number of anilines is 2. The van der Waals surface area contributed by atoms with E-state index >= 15 is 0 Å². The van der Waals surface area contributed by atoms with E-state index in [4.69, 9.17) is 15.7 Å². The minimum Gasteiger partial charge on any atom is -0.453 e. The standard InChI is InChI=1S/C26H36FN3O2.C15H9FN4O2.C2H6/c27-22-17-19(28-23-9-10-24(31)29-25(23)32)5-8-21(22)18-3-6-20(7-4-18)30-15-13-26(14-16-30)11-1-2-12-26;16-11-2-3-12(18)10(6-17)14(11)22-8-1-4-13-9(5-8)15(21)20-7-19-13;1-2/h5,8,17-18,20,23,28H,1-4,6-7,9-16H2,(H,29,31,32);1-5,7H,18H2,(H,19,20,21);1-2H3. The zero-order valence-corrected chi connectivity index (χ0v) is 32.1. The van der Waals surface area contributed by atoms with Crippen LogP contribution in [0.1, 0.15) is 108 Å². The number of rotatable bonds is 6. The highest BCUT2D eigenvalue weighted by Crippen LogP contribution is 2.47. The summed E-state index contributed by atoms with van der Waals surface area (Å²) in [6, 6.07) is 14.2. The number of benzene rings is 3. The smallest absolute Gasteiger partial charge is 0.258 e. The van der Waals surface area contributed by atoms with E-state index < -0.39 is 11.9 Å². The van der Waals surface area contributed by atoms with Gasteiger partial charge in [-0.3, -0.25) is 19.7 Å². The van der Waals surface area contributed by atoms with E-state index in [2.05, 4.69) is 25.5 Å². The Hall–Kier alpha value is -5.35. The predicted molar refractivity (Wildman–Crippen MR) is 212 cm³/mol. The Bertz CT molecular complexity index is 2130. The Balaban J connectivity index is 0.000000194. The molecule has 4 aromatic rings. The summed E-state index contributed by atoms with van der Waals surface area (Å²) in [7, 11) is 0. The number of carbonyl (C=O) groups is 2. The topological polar surface area (TPSA) is 166 Å². The molecule has 13 heteroatoms. The van der Waals surface area contributed by atoms with E-state index in [0.29, 0.717) is 40.9 Å². The highest BCUT2D eigenvalue weighted by atomic mass is 19.1. The van der Waals surface area contributed by atoms with Gasteiger partial charge in [-0.05, 0) is 130 Å². The molecule has 5 N–H and O–H groups in total. The van der Waals surface area contributed by atoms with Crippen molar-refractivity contribution in [3.63, 3.8) is 0 Å². The van der Waals surface area contributed by atoms with Crippen LogP contribution in [-0.4, -0.2) is 51.9 Å². The second kappa shape index (κ2) is 18.1. The molecule has 0 bridgehead atoms. The van der Waals surface area contributed by atoms with Gasteiger partial charge in [-0.25, -0.2) is 13.8 Å². The molecule has 1 unspecified atom stereocenters. The lowest BCUT2D eigenvalue weighted by Crippen LogP contribution is -2.47. The molecule has 2 saturated carbocycles. The summed E-state index contributed by atoms with van der Waals surface area (Å²) >= 11 is 0. The first-order chi connectivity index (χ1) is 27.1. The largest absolute Gasteiger partial charge is 0.453 e. The number of nitrogens with one attached hydrogen (secondary N) is 3. The van der Waals surface area contributed by atoms with Gasteiger partial charge >= 0.3 is 0 Å². The lowest BCUT2D eigenvalue weighted by Gasteiger charge is -2.44. The molecular formula is C43H51F2N7O4. The molecule has 0 radical (unpaired) electrons. The number of halogens is 2. The molecule has 3 aromatic carbocycles. The highest BCUT2D eigenvalue weighted by molar-refractivity contribution is 6.01. The van der Waals surface area contributed by atoms with Crippen molar-refractivity contribution in [2.75, 3.05) is 24.1 Å². The monoisotopic (exact) mass is 767 g/mol. The second-order valence-electron chi connectivity index (χ2n) is 15.1. The van der Waals surface area contributed by atoms with Gasteiger partial charge in [0.2, 0.25) is 11.8 Å². The molecule has 2 aliphatic heterocycles.